The second kappa shape index (κ2) is 8.52. The smallest absolute Gasteiger partial charge is 0.349 e. The number of rotatable bonds is 6. The van der Waals surface area contributed by atoms with E-state index in [4.69, 9.17) is 4.42 Å². The lowest BCUT2D eigenvalue weighted by Crippen LogP contribution is -2.32. The minimum Gasteiger partial charge on any atom is -0.422 e. The molecule has 1 unspecified atom stereocenters. The van der Waals surface area contributed by atoms with Gasteiger partial charge >= 0.3 is 5.63 Å². The fourth-order valence-electron chi connectivity index (χ4n) is 2.73. The van der Waals surface area contributed by atoms with Crippen LogP contribution in [-0.2, 0) is 6.54 Å². The average molecular weight is 378 g/mol. The van der Waals surface area contributed by atoms with Gasteiger partial charge < -0.3 is 15.1 Å². The molecule has 2 amide bonds. The molecular weight excluding hydrogens is 356 g/mol. The zero-order chi connectivity index (χ0) is 20.1. The first-order valence-electron chi connectivity index (χ1n) is 9.19. The van der Waals surface area contributed by atoms with Crippen molar-refractivity contribution in [3.63, 3.8) is 0 Å². The highest BCUT2D eigenvalue weighted by Gasteiger charge is 2.14. The zero-order valence-corrected chi connectivity index (χ0v) is 15.8. The first-order valence-corrected chi connectivity index (χ1v) is 9.19. The Kier molecular flexibility index (Phi) is 5.89. The van der Waals surface area contributed by atoms with Crippen LogP contribution in [0.25, 0.3) is 11.0 Å². The minimum absolute atomic E-state index is 0.0515. The van der Waals surface area contributed by atoms with Gasteiger partial charge in [0, 0.05) is 23.5 Å². The Hall–Kier alpha value is -3.41. The third kappa shape index (κ3) is 4.46. The summed E-state index contributed by atoms with van der Waals surface area (Å²) in [7, 11) is 0. The Morgan fingerprint density at radius 1 is 1.04 bits per heavy atom. The van der Waals surface area contributed by atoms with Crippen LogP contribution in [0.2, 0.25) is 0 Å². The minimum atomic E-state index is -0.683. The van der Waals surface area contributed by atoms with Gasteiger partial charge in [0.1, 0.15) is 11.1 Å². The molecule has 0 aliphatic carbocycles. The molecule has 2 N–H and O–H groups in total. The van der Waals surface area contributed by atoms with E-state index in [1.807, 2.05) is 19.9 Å². The molecule has 3 rings (SSSR count). The maximum Gasteiger partial charge on any atom is 0.349 e. The Morgan fingerprint density at radius 2 is 1.82 bits per heavy atom. The van der Waals surface area contributed by atoms with Gasteiger partial charge in [0.2, 0.25) is 0 Å². The number of carbonyl (C=O) groups excluding carboxylic acids is 2. The second-order valence-electron chi connectivity index (χ2n) is 6.65. The molecule has 0 fully saturated rings. The van der Waals surface area contributed by atoms with Gasteiger partial charge in [0.15, 0.2) is 0 Å². The molecule has 1 heterocycles. The van der Waals surface area contributed by atoms with Crippen molar-refractivity contribution in [3.8, 4) is 0 Å². The van der Waals surface area contributed by atoms with Crippen molar-refractivity contribution >= 4 is 22.8 Å². The number of carbonyl (C=O) groups is 2. The molecule has 0 aliphatic rings. The SMILES string of the molecule is CCC(C)NC(=O)c1cccc(CNC(=O)c2cc3ccccc3oc2=O)c1. The topological polar surface area (TPSA) is 88.4 Å². The molecular formula is C22H22N2O4. The van der Waals surface area contributed by atoms with Crippen molar-refractivity contribution in [1.29, 1.82) is 0 Å². The van der Waals surface area contributed by atoms with E-state index in [1.165, 1.54) is 6.07 Å². The third-order valence-corrected chi connectivity index (χ3v) is 4.52. The van der Waals surface area contributed by atoms with Gasteiger partial charge in [0.25, 0.3) is 11.8 Å². The summed E-state index contributed by atoms with van der Waals surface area (Å²) in [5.41, 5.74) is 0.985. The predicted molar refractivity (Wildman–Crippen MR) is 107 cm³/mol. The number of amides is 2. The van der Waals surface area contributed by atoms with Crippen molar-refractivity contribution in [1.82, 2.24) is 10.6 Å². The maximum atomic E-state index is 12.4. The summed E-state index contributed by atoms with van der Waals surface area (Å²) in [6.07, 6.45) is 0.843. The summed E-state index contributed by atoms with van der Waals surface area (Å²) in [4.78, 5) is 36.8. The Labute approximate surface area is 162 Å². The molecule has 1 aromatic heterocycles. The second-order valence-corrected chi connectivity index (χ2v) is 6.65. The molecule has 1 atom stereocenters. The van der Waals surface area contributed by atoms with E-state index >= 15 is 0 Å². The van der Waals surface area contributed by atoms with Gasteiger partial charge in [-0.3, -0.25) is 9.59 Å². The van der Waals surface area contributed by atoms with Gasteiger partial charge in [-0.15, -0.1) is 0 Å². The van der Waals surface area contributed by atoms with Crippen LogP contribution in [0.1, 0.15) is 46.5 Å². The molecule has 6 nitrogen and oxygen atoms in total. The Morgan fingerprint density at radius 3 is 2.61 bits per heavy atom. The molecule has 0 saturated heterocycles. The summed E-state index contributed by atoms with van der Waals surface area (Å²) < 4.78 is 5.19. The van der Waals surface area contributed by atoms with Crippen LogP contribution in [0.3, 0.4) is 0 Å². The zero-order valence-electron chi connectivity index (χ0n) is 15.8. The molecule has 0 saturated carbocycles. The molecule has 144 valence electrons. The molecule has 2 aromatic carbocycles. The third-order valence-electron chi connectivity index (χ3n) is 4.52. The van der Waals surface area contributed by atoms with Gasteiger partial charge in [-0.2, -0.15) is 0 Å². The first-order chi connectivity index (χ1) is 13.5. The van der Waals surface area contributed by atoms with Crippen LogP contribution in [0, 0.1) is 0 Å². The largest absolute Gasteiger partial charge is 0.422 e. The van der Waals surface area contributed by atoms with E-state index in [2.05, 4.69) is 10.6 Å². The summed E-state index contributed by atoms with van der Waals surface area (Å²) >= 11 is 0. The lowest BCUT2D eigenvalue weighted by molar-refractivity contribution is 0.0936. The van der Waals surface area contributed by atoms with Crippen molar-refractivity contribution < 1.29 is 14.0 Å². The summed E-state index contributed by atoms with van der Waals surface area (Å²) in [5.74, 6) is -0.674. The van der Waals surface area contributed by atoms with Crippen LogP contribution >= 0.6 is 0 Å². The highest BCUT2D eigenvalue weighted by atomic mass is 16.4. The van der Waals surface area contributed by atoms with Gasteiger partial charge in [-0.1, -0.05) is 37.3 Å². The van der Waals surface area contributed by atoms with Crippen LogP contribution in [-0.4, -0.2) is 17.9 Å². The van der Waals surface area contributed by atoms with Crippen LogP contribution in [0.4, 0.5) is 0 Å². The molecule has 0 bridgehead atoms. The fraction of sp³-hybridized carbons (Fsp3) is 0.227. The number of hydrogen-bond acceptors (Lipinski definition) is 4. The van der Waals surface area contributed by atoms with Crippen molar-refractivity contribution in [3.05, 3.63) is 81.7 Å². The highest BCUT2D eigenvalue weighted by molar-refractivity contribution is 5.97. The summed E-state index contributed by atoms with van der Waals surface area (Å²) in [5, 5.41) is 6.29. The molecule has 3 aromatic rings. The van der Waals surface area contributed by atoms with E-state index in [-0.39, 0.29) is 24.1 Å². The van der Waals surface area contributed by atoms with Gasteiger partial charge in [-0.05, 0) is 43.2 Å². The molecule has 0 spiro atoms. The Balaban J connectivity index is 1.71. The average Bonchev–Trinajstić information content (AvgIpc) is 2.71. The van der Waals surface area contributed by atoms with E-state index in [0.717, 1.165) is 12.0 Å². The fourth-order valence-corrected chi connectivity index (χ4v) is 2.73. The standard InChI is InChI=1S/C22H22N2O4/c1-3-14(2)24-20(25)17-9-6-7-15(11-17)13-23-21(26)18-12-16-8-4-5-10-19(16)28-22(18)27/h4-12,14H,3,13H2,1-2H3,(H,23,26)(H,24,25). The summed E-state index contributed by atoms with van der Waals surface area (Å²) in [6, 6.07) is 15.6. The molecule has 28 heavy (non-hydrogen) atoms. The first kappa shape index (κ1) is 19.4. The number of hydrogen-bond donors (Lipinski definition) is 2. The monoisotopic (exact) mass is 378 g/mol. The lowest BCUT2D eigenvalue weighted by atomic mass is 10.1. The normalized spacial score (nSPS) is 11.8. The molecule has 6 heteroatoms. The molecule has 0 radical (unpaired) electrons. The van der Waals surface area contributed by atoms with Crippen molar-refractivity contribution in [2.24, 2.45) is 0 Å². The van der Waals surface area contributed by atoms with Gasteiger partial charge in [0.05, 0.1) is 0 Å². The Bertz CT molecular complexity index is 1070. The van der Waals surface area contributed by atoms with E-state index in [9.17, 15) is 14.4 Å². The van der Waals surface area contributed by atoms with Crippen LogP contribution in [0.15, 0.2) is 63.8 Å². The van der Waals surface area contributed by atoms with Crippen molar-refractivity contribution in [2.75, 3.05) is 0 Å². The number of benzene rings is 2. The van der Waals surface area contributed by atoms with E-state index in [1.54, 1.807) is 42.5 Å². The number of nitrogens with one attached hydrogen (secondary N) is 2. The number of fused-ring (bicyclic) bond motifs is 1. The highest BCUT2D eigenvalue weighted by Crippen LogP contribution is 2.13. The van der Waals surface area contributed by atoms with E-state index < -0.39 is 11.5 Å². The predicted octanol–water partition coefficient (Wildman–Crippen LogP) is 3.25. The van der Waals surface area contributed by atoms with Crippen molar-refractivity contribution in [2.45, 2.75) is 32.9 Å². The number of para-hydroxylation sites is 1. The van der Waals surface area contributed by atoms with E-state index in [0.29, 0.717) is 16.5 Å². The van der Waals surface area contributed by atoms with Gasteiger partial charge in [-0.25, -0.2) is 4.79 Å². The maximum absolute atomic E-state index is 12.4. The van der Waals surface area contributed by atoms with Crippen LogP contribution in [0.5, 0.6) is 0 Å². The lowest BCUT2D eigenvalue weighted by Gasteiger charge is -2.12. The van der Waals surface area contributed by atoms with Crippen LogP contribution < -0.4 is 16.3 Å². The quantitative estimate of drug-likeness (QED) is 0.645. The molecule has 0 aliphatic heterocycles. The summed E-state index contributed by atoms with van der Waals surface area (Å²) in [6.45, 7) is 4.13.